The van der Waals surface area contributed by atoms with Gasteiger partial charge in [0.1, 0.15) is 5.69 Å². The predicted molar refractivity (Wildman–Crippen MR) is 123 cm³/mol. The minimum atomic E-state index is -0.270. The molecule has 1 saturated heterocycles. The lowest BCUT2D eigenvalue weighted by molar-refractivity contribution is 0.0906. The van der Waals surface area contributed by atoms with E-state index >= 15 is 0 Å². The van der Waals surface area contributed by atoms with Crippen molar-refractivity contribution in [3.63, 3.8) is 0 Å². The zero-order valence-corrected chi connectivity index (χ0v) is 18.6. The van der Waals surface area contributed by atoms with Gasteiger partial charge in [0.15, 0.2) is 0 Å². The number of hydrogen-bond donors (Lipinski definition) is 2. The van der Waals surface area contributed by atoms with Gasteiger partial charge in [0.2, 0.25) is 5.95 Å². The van der Waals surface area contributed by atoms with Crippen LogP contribution in [0.15, 0.2) is 36.5 Å². The zero-order chi connectivity index (χ0) is 21.6. The minimum Gasteiger partial charge on any atom is -0.369 e. The number of benzene rings is 1. The summed E-state index contributed by atoms with van der Waals surface area (Å²) in [6, 6.07) is 9.94. The standard InChI is InChI=1S/C23H34N6O/c1-5-13-28-14-16-29(17-15-28)19-9-7-18(8-10-19)25-22-24-12-11-20(26-22)21(30)27-23(3,4)6-2/h7-12H,5-6,13-17H2,1-4H3,(H,27,30)(H,24,25,26). The van der Waals surface area contributed by atoms with E-state index in [1.165, 1.54) is 18.7 Å². The Morgan fingerprint density at radius 3 is 2.40 bits per heavy atom. The maximum atomic E-state index is 12.5. The molecule has 2 aromatic rings. The van der Waals surface area contributed by atoms with Crippen molar-refractivity contribution >= 4 is 23.2 Å². The monoisotopic (exact) mass is 410 g/mol. The smallest absolute Gasteiger partial charge is 0.270 e. The van der Waals surface area contributed by atoms with Crippen LogP contribution in [0, 0.1) is 0 Å². The summed E-state index contributed by atoms with van der Waals surface area (Å²) in [5.74, 6) is 0.225. The highest BCUT2D eigenvalue weighted by atomic mass is 16.2. The molecular weight excluding hydrogens is 376 g/mol. The van der Waals surface area contributed by atoms with Gasteiger partial charge in [-0.2, -0.15) is 0 Å². The van der Waals surface area contributed by atoms with Gasteiger partial charge in [0, 0.05) is 49.3 Å². The number of nitrogens with one attached hydrogen (secondary N) is 2. The molecule has 1 fully saturated rings. The molecule has 0 spiro atoms. The highest BCUT2D eigenvalue weighted by molar-refractivity contribution is 5.93. The number of carbonyl (C=O) groups excluding carboxylic acids is 1. The summed E-state index contributed by atoms with van der Waals surface area (Å²) in [4.78, 5) is 26.0. The third-order valence-electron chi connectivity index (χ3n) is 5.62. The summed E-state index contributed by atoms with van der Waals surface area (Å²) in [5.41, 5.74) is 2.21. The number of amides is 1. The molecule has 0 aliphatic carbocycles. The molecule has 162 valence electrons. The van der Waals surface area contributed by atoms with Crippen molar-refractivity contribution in [1.82, 2.24) is 20.2 Å². The molecule has 0 radical (unpaired) electrons. The Balaban J connectivity index is 1.60. The molecule has 1 aromatic carbocycles. The van der Waals surface area contributed by atoms with E-state index < -0.39 is 0 Å². The van der Waals surface area contributed by atoms with Gasteiger partial charge in [-0.1, -0.05) is 13.8 Å². The average molecular weight is 411 g/mol. The molecule has 0 saturated carbocycles. The number of aromatic nitrogens is 2. The first-order valence-electron chi connectivity index (χ1n) is 10.9. The van der Waals surface area contributed by atoms with Crippen molar-refractivity contribution in [2.24, 2.45) is 0 Å². The SMILES string of the molecule is CCCN1CCN(c2ccc(Nc3nccc(C(=O)NC(C)(C)CC)n3)cc2)CC1. The first kappa shape index (κ1) is 22.0. The van der Waals surface area contributed by atoms with E-state index in [1.807, 2.05) is 32.9 Å². The van der Waals surface area contributed by atoms with Crippen LogP contribution >= 0.6 is 0 Å². The first-order valence-corrected chi connectivity index (χ1v) is 10.9. The van der Waals surface area contributed by atoms with Crippen LogP contribution in [0.5, 0.6) is 0 Å². The second-order valence-electron chi connectivity index (χ2n) is 8.46. The van der Waals surface area contributed by atoms with Gasteiger partial charge in [0.25, 0.3) is 5.91 Å². The van der Waals surface area contributed by atoms with Gasteiger partial charge >= 0.3 is 0 Å². The minimum absolute atomic E-state index is 0.190. The van der Waals surface area contributed by atoms with Gasteiger partial charge < -0.3 is 15.5 Å². The van der Waals surface area contributed by atoms with Crippen LogP contribution in [-0.4, -0.2) is 59.0 Å². The topological polar surface area (TPSA) is 73.4 Å². The van der Waals surface area contributed by atoms with Crippen molar-refractivity contribution in [3.8, 4) is 0 Å². The highest BCUT2D eigenvalue weighted by Gasteiger charge is 2.20. The molecule has 3 rings (SSSR count). The second kappa shape index (κ2) is 9.89. The van der Waals surface area contributed by atoms with Crippen LogP contribution in [0.1, 0.15) is 51.0 Å². The summed E-state index contributed by atoms with van der Waals surface area (Å²) in [5, 5.41) is 6.20. The van der Waals surface area contributed by atoms with Crippen LogP contribution in [0.4, 0.5) is 17.3 Å². The molecule has 7 heteroatoms. The molecule has 30 heavy (non-hydrogen) atoms. The van der Waals surface area contributed by atoms with E-state index in [4.69, 9.17) is 0 Å². The molecule has 1 aromatic heterocycles. The molecule has 0 unspecified atom stereocenters. The Hall–Kier alpha value is -2.67. The lowest BCUT2D eigenvalue weighted by atomic mass is 10.0. The van der Waals surface area contributed by atoms with Crippen LogP contribution < -0.4 is 15.5 Å². The van der Waals surface area contributed by atoms with E-state index in [0.29, 0.717) is 11.6 Å². The van der Waals surface area contributed by atoms with E-state index in [0.717, 1.165) is 38.3 Å². The Kier molecular flexibility index (Phi) is 7.26. The molecule has 7 nitrogen and oxygen atoms in total. The zero-order valence-electron chi connectivity index (χ0n) is 18.6. The van der Waals surface area contributed by atoms with E-state index in [2.05, 4.69) is 49.5 Å². The Labute approximate surface area is 179 Å². The number of anilines is 3. The van der Waals surface area contributed by atoms with Gasteiger partial charge in [-0.25, -0.2) is 9.97 Å². The van der Waals surface area contributed by atoms with Crippen molar-refractivity contribution in [3.05, 3.63) is 42.2 Å². The van der Waals surface area contributed by atoms with Gasteiger partial charge in [-0.15, -0.1) is 0 Å². The van der Waals surface area contributed by atoms with Crippen LogP contribution in [-0.2, 0) is 0 Å². The van der Waals surface area contributed by atoms with Crippen molar-refractivity contribution in [2.45, 2.75) is 46.1 Å². The van der Waals surface area contributed by atoms with Crippen LogP contribution in [0.25, 0.3) is 0 Å². The summed E-state index contributed by atoms with van der Waals surface area (Å²) in [6.45, 7) is 13.8. The Morgan fingerprint density at radius 2 is 1.77 bits per heavy atom. The number of hydrogen-bond acceptors (Lipinski definition) is 6. The number of carbonyl (C=O) groups is 1. The molecule has 1 aliphatic rings. The van der Waals surface area contributed by atoms with Crippen molar-refractivity contribution < 1.29 is 4.79 Å². The number of nitrogens with zero attached hydrogens (tertiary/aromatic N) is 4. The third-order valence-corrected chi connectivity index (χ3v) is 5.62. The van der Waals surface area contributed by atoms with Crippen LogP contribution in [0.3, 0.4) is 0 Å². The van der Waals surface area contributed by atoms with Gasteiger partial charge in [-0.05, 0) is 63.6 Å². The fourth-order valence-electron chi connectivity index (χ4n) is 3.44. The number of piperazine rings is 1. The quantitative estimate of drug-likeness (QED) is 0.692. The third kappa shape index (κ3) is 5.92. The molecule has 0 atom stereocenters. The average Bonchev–Trinajstić information content (AvgIpc) is 2.75. The molecule has 1 aliphatic heterocycles. The van der Waals surface area contributed by atoms with Gasteiger partial charge in [0.05, 0.1) is 0 Å². The maximum Gasteiger partial charge on any atom is 0.270 e. The molecule has 1 amide bonds. The van der Waals surface area contributed by atoms with Crippen molar-refractivity contribution in [1.29, 1.82) is 0 Å². The predicted octanol–water partition coefficient (Wildman–Crippen LogP) is 3.67. The van der Waals surface area contributed by atoms with Gasteiger partial charge in [-0.3, -0.25) is 9.69 Å². The maximum absolute atomic E-state index is 12.5. The molecule has 2 heterocycles. The fraction of sp³-hybridized carbons (Fsp3) is 0.522. The lowest BCUT2D eigenvalue weighted by Gasteiger charge is -2.36. The summed E-state index contributed by atoms with van der Waals surface area (Å²) >= 11 is 0. The Bertz CT molecular complexity index is 828. The van der Waals surface area contributed by atoms with E-state index in [-0.39, 0.29) is 11.4 Å². The highest BCUT2D eigenvalue weighted by Crippen LogP contribution is 2.21. The first-order chi connectivity index (χ1) is 14.4. The molecule has 0 bridgehead atoms. The number of rotatable bonds is 8. The normalized spacial score (nSPS) is 15.1. The fourth-order valence-corrected chi connectivity index (χ4v) is 3.44. The summed E-state index contributed by atoms with van der Waals surface area (Å²) < 4.78 is 0. The molecule has 2 N–H and O–H groups in total. The second-order valence-corrected chi connectivity index (χ2v) is 8.46. The largest absolute Gasteiger partial charge is 0.369 e. The van der Waals surface area contributed by atoms with E-state index in [1.54, 1.807) is 12.3 Å². The summed E-state index contributed by atoms with van der Waals surface area (Å²) in [7, 11) is 0. The van der Waals surface area contributed by atoms with E-state index in [9.17, 15) is 4.79 Å². The Morgan fingerprint density at radius 1 is 1.07 bits per heavy atom. The van der Waals surface area contributed by atoms with Crippen LogP contribution in [0.2, 0.25) is 0 Å². The lowest BCUT2D eigenvalue weighted by Crippen LogP contribution is -2.46. The van der Waals surface area contributed by atoms with Crippen molar-refractivity contribution in [2.75, 3.05) is 42.9 Å². The summed E-state index contributed by atoms with van der Waals surface area (Å²) in [6.07, 6.45) is 3.66. The molecular formula is C23H34N6O.